The van der Waals surface area contributed by atoms with Crippen LogP contribution in [0.3, 0.4) is 0 Å². The Morgan fingerprint density at radius 1 is 1.08 bits per heavy atom. The van der Waals surface area contributed by atoms with Crippen LogP contribution in [0, 0.1) is 0 Å². The van der Waals surface area contributed by atoms with Crippen molar-refractivity contribution in [1.29, 1.82) is 0 Å². The van der Waals surface area contributed by atoms with Crippen LogP contribution in [-0.4, -0.2) is 37.6 Å². The molecule has 2 aromatic carbocycles. The molecule has 7 heteroatoms. The maximum Gasteiger partial charge on any atom is 0.248 e. The number of carbonyl (C=O) groups excluding carboxylic acids is 2. The maximum absolute atomic E-state index is 11.9. The molecule has 0 aromatic heterocycles. The summed E-state index contributed by atoms with van der Waals surface area (Å²) in [6.45, 7) is 1.59. The molecule has 0 saturated carbocycles. The zero-order chi connectivity index (χ0) is 18.4. The van der Waals surface area contributed by atoms with Gasteiger partial charge in [-0.2, -0.15) is 0 Å². The van der Waals surface area contributed by atoms with E-state index in [1.54, 1.807) is 24.3 Å². The molecule has 0 unspecified atom stereocenters. The van der Waals surface area contributed by atoms with Crippen molar-refractivity contribution in [2.45, 2.75) is 12.5 Å². The highest BCUT2D eigenvalue weighted by molar-refractivity contribution is 5.94. The number of fused-ring (bicyclic) bond motifs is 1. The average Bonchev–Trinajstić information content (AvgIpc) is 2.65. The Morgan fingerprint density at radius 3 is 2.54 bits per heavy atom. The first-order chi connectivity index (χ1) is 12.6. The van der Waals surface area contributed by atoms with Gasteiger partial charge in [0, 0.05) is 30.8 Å². The van der Waals surface area contributed by atoms with Crippen LogP contribution < -0.4 is 25.8 Å². The summed E-state index contributed by atoms with van der Waals surface area (Å²) in [5.41, 5.74) is 6.21. The molecule has 136 valence electrons. The van der Waals surface area contributed by atoms with Crippen molar-refractivity contribution in [2.75, 3.05) is 25.0 Å². The second kappa shape index (κ2) is 8.35. The van der Waals surface area contributed by atoms with Gasteiger partial charge in [-0.05, 0) is 36.4 Å². The lowest BCUT2D eigenvalue weighted by molar-refractivity contribution is -0.116. The summed E-state index contributed by atoms with van der Waals surface area (Å²) >= 11 is 0. The van der Waals surface area contributed by atoms with Crippen LogP contribution >= 0.6 is 0 Å². The monoisotopic (exact) mass is 355 g/mol. The number of benzene rings is 2. The molecular weight excluding hydrogens is 334 g/mol. The lowest BCUT2D eigenvalue weighted by Crippen LogP contribution is -2.39. The summed E-state index contributed by atoms with van der Waals surface area (Å²) in [5.74, 6) is 0.882. The number of hydrogen-bond donors (Lipinski definition) is 3. The van der Waals surface area contributed by atoms with Gasteiger partial charge in [-0.3, -0.25) is 9.59 Å². The molecular formula is C19H21N3O4. The summed E-state index contributed by atoms with van der Waals surface area (Å²) in [5, 5.41) is 5.97. The lowest BCUT2D eigenvalue weighted by Gasteiger charge is -2.26. The topological polar surface area (TPSA) is 103 Å². The van der Waals surface area contributed by atoms with E-state index in [9.17, 15) is 9.59 Å². The summed E-state index contributed by atoms with van der Waals surface area (Å²) in [4.78, 5) is 23.0. The fourth-order valence-corrected chi connectivity index (χ4v) is 2.57. The molecule has 0 radical (unpaired) electrons. The number of amides is 2. The second-order valence-corrected chi connectivity index (χ2v) is 5.94. The van der Waals surface area contributed by atoms with E-state index in [0.717, 1.165) is 11.5 Å². The van der Waals surface area contributed by atoms with Crippen molar-refractivity contribution in [3.05, 3.63) is 54.1 Å². The average molecular weight is 355 g/mol. The second-order valence-electron chi connectivity index (χ2n) is 5.94. The van der Waals surface area contributed by atoms with Gasteiger partial charge in [0.25, 0.3) is 0 Å². The number of para-hydroxylation sites is 2. The van der Waals surface area contributed by atoms with Crippen molar-refractivity contribution in [2.24, 2.45) is 5.73 Å². The summed E-state index contributed by atoms with van der Waals surface area (Å²) in [7, 11) is 0. The highest BCUT2D eigenvalue weighted by Gasteiger charge is 2.19. The van der Waals surface area contributed by atoms with E-state index >= 15 is 0 Å². The molecule has 0 spiro atoms. The molecule has 1 atom stereocenters. The van der Waals surface area contributed by atoms with Crippen molar-refractivity contribution < 1.29 is 19.1 Å². The highest BCUT2D eigenvalue weighted by atomic mass is 16.6. The van der Waals surface area contributed by atoms with E-state index in [1.165, 1.54) is 0 Å². The smallest absolute Gasteiger partial charge is 0.248 e. The standard InChI is InChI=1S/C19H21N3O4/c20-19(24)13-5-7-14(8-6-13)22-18(23)9-10-21-11-15-12-25-16-3-1-2-4-17(16)26-15/h1-8,15,21H,9-12H2,(H2,20,24)(H,22,23)/t15-/m1/s1. The minimum absolute atomic E-state index is 0.0886. The number of anilines is 1. The molecule has 2 amide bonds. The largest absolute Gasteiger partial charge is 0.486 e. The molecule has 0 bridgehead atoms. The highest BCUT2D eigenvalue weighted by Crippen LogP contribution is 2.30. The summed E-state index contributed by atoms with van der Waals surface area (Å²) < 4.78 is 11.5. The Hall–Kier alpha value is -3.06. The zero-order valence-electron chi connectivity index (χ0n) is 14.2. The van der Waals surface area contributed by atoms with Crippen LogP contribution in [0.25, 0.3) is 0 Å². The van der Waals surface area contributed by atoms with Crippen LogP contribution in [-0.2, 0) is 4.79 Å². The van der Waals surface area contributed by atoms with E-state index in [1.807, 2.05) is 24.3 Å². The Balaban J connectivity index is 1.36. The third kappa shape index (κ3) is 4.73. The molecule has 1 aliphatic rings. The predicted octanol–water partition coefficient (Wildman–Crippen LogP) is 1.54. The molecule has 1 heterocycles. The Labute approximate surface area is 151 Å². The number of rotatable bonds is 7. The predicted molar refractivity (Wildman–Crippen MR) is 97.4 cm³/mol. The fourth-order valence-electron chi connectivity index (χ4n) is 2.57. The zero-order valence-corrected chi connectivity index (χ0v) is 14.2. The van der Waals surface area contributed by atoms with Gasteiger partial charge in [-0.1, -0.05) is 12.1 Å². The molecule has 1 aliphatic heterocycles. The molecule has 3 rings (SSSR count). The van der Waals surface area contributed by atoms with Gasteiger partial charge in [0.1, 0.15) is 12.7 Å². The number of hydrogen-bond acceptors (Lipinski definition) is 5. The normalized spacial score (nSPS) is 15.3. The van der Waals surface area contributed by atoms with E-state index in [0.29, 0.717) is 37.4 Å². The van der Waals surface area contributed by atoms with Gasteiger partial charge in [-0.25, -0.2) is 0 Å². The van der Waals surface area contributed by atoms with E-state index in [4.69, 9.17) is 15.2 Å². The first-order valence-corrected chi connectivity index (χ1v) is 8.41. The Kier molecular flexibility index (Phi) is 5.70. The van der Waals surface area contributed by atoms with Crippen LogP contribution in [0.5, 0.6) is 11.5 Å². The molecule has 0 fully saturated rings. The summed E-state index contributed by atoms with van der Waals surface area (Å²) in [6, 6.07) is 14.0. The van der Waals surface area contributed by atoms with Crippen LogP contribution in [0.1, 0.15) is 16.8 Å². The van der Waals surface area contributed by atoms with Crippen molar-refractivity contribution in [3.63, 3.8) is 0 Å². The number of nitrogens with two attached hydrogens (primary N) is 1. The number of ether oxygens (including phenoxy) is 2. The molecule has 4 N–H and O–H groups in total. The van der Waals surface area contributed by atoms with Gasteiger partial charge >= 0.3 is 0 Å². The first kappa shape index (κ1) is 17.8. The van der Waals surface area contributed by atoms with Crippen LogP contribution in [0.15, 0.2) is 48.5 Å². The van der Waals surface area contributed by atoms with Gasteiger partial charge in [0.05, 0.1) is 0 Å². The van der Waals surface area contributed by atoms with Gasteiger partial charge < -0.3 is 25.8 Å². The minimum Gasteiger partial charge on any atom is -0.486 e. The molecule has 2 aromatic rings. The Morgan fingerprint density at radius 2 is 1.81 bits per heavy atom. The van der Waals surface area contributed by atoms with Gasteiger partial charge in [0.15, 0.2) is 11.5 Å². The third-order valence-electron chi connectivity index (χ3n) is 3.92. The van der Waals surface area contributed by atoms with Crippen molar-refractivity contribution in [3.8, 4) is 11.5 Å². The van der Waals surface area contributed by atoms with E-state index in [-0.39, 0.29) is 12.0 Å². The Bertz CT molecular complexity index is 777. The first-order valence-electron chi connectivity index (χ1n) is 8.41. The third-order valence-corrected chi connectivity index (χ3v) is 3.92. The van der Waals surface area contributed by atoms with Crippen LogP contribution in [0.2, 0.25) is 0 Å². The van der Waals surface area contributed by atoms with E-state index < -0.39 is 5.91 Å². The fraction of sp³-hybridized carbons (Fsp3) is 0.263. The molecule has 26 heavy (non-hydrogen) atoms. The number of primary amides is 1. The summed E-state index contributed by atoms with van der Waals surface area (Å²) in [6.07, 6.45) is 0.233. The number of carbonyl (C=O) groups is 2. The quantitative estimate of drug-likeness (QED) is 0.654. The maximum atomic E-state index is 11.9. The van der Waals surface area contributed by atoms with Gasteiger partial charge in [0.2, 0.25) is 11.8 Å². The van der Waals surface area contributed by atoms with Crippen LogP contribution in [0.4, 0.5) is 5.69 Å². The lowest BCUT2D eigenvalue weighted by atomic mass is 10.2. The molecule has 0 saturated heterocycles. The SMILES string of the molecule is NC(=O)c1ccc(NC(=O)CCNC[C@@H]2COc3ccccc3O2)cc1. The minimum atomic E-state index is -0.497. The van der Waals surface area contributed by atoms with E-state index in [2.05, 4.69) is 10.6 Å². The van der Waals surface area contributed by atoms with Crippen molar-refractivity contribution in [1.82, 2.24) is 5.32 Å². The number of nitrogens with one attached hydrogen (secondary N) is 2. The van der Waals surface area contributed by atoms with Gasteiger partial charge in [-0.15, -0.1) is 0 Å². The van der Waals surface area contributed by atoms with Crippen molar-refractivity contribution >= 4 is 17.5 Å². The molecule has 7 nitrogen and oxygen atoms in total. The molecule has 0 aliphatic carbocycles.